The van der Waals surface area contributed by atoms with Gasteiger partial charge in [-0.05, 0) is 80.5 Å². The third-order valence-corrected chi connectivity index (χ3v) is 6.62. The lowest BCUT2D eigenvalue weighted by molar-refractivity contribution is -0.113. The molecule has 1 aliphatic heterocycles. The molecule has 2 aromatic rings. The third-order valence-electron chi connectivity index (χ3n) is 3.22. The SMILES string of the molecule is O=C1/C(=C/c2ccc(O)c(I)c2)SC(=S)N1c1ccc(Br)c(Cl)c1. The van der Waals surface area contributed by atoms with Crippen LogP contribution in [0.4, 0.5) is 5.69 Å². The summed E-state index contributed by atoms with van der Waals surface area (Å²) >= 11 is 18.1. The summed E-state index contributed by atoms with van der Waals surface area (Å²) in [5.41, 5.74) is 1.46. The van der Waals surface area contributed by atoms with Gasteiger partial charge in [-0.3, -0.25) is 9.69 Å². The molecule has 1 fully saturated rings. The van der Waals surface area contributed by atoms with E-state index in [0.717, 1.165) is 13.6 Å². The van der Waals surface area contributed by atoms with Gasteiger partial charge in [-0.25, -0.2) is 0 Å². The van der Waals surface area contributed by atoms with Crippen LogP contribution >= 0.6 is 74.1 Å². The molecular weight excluding hydrogens is 545 g/mol. The van der Waals surface area contributed by atoms with Gasteiger partial charge in [0.15, 0.2) is 4.32 Å². The van der Waals surface area contributed by atoms with Gasteiger partial charge in [0, 0.05) is 4.47 Å². The van der Waals surface area contributed by atoms with Gasteiger partial charge in [0.2, 0.25) is 0 Å². The van der Waals surface area contributed by atoms with Crippen molar-refractivity contribution in [3.63, 3.8) is 0 Å². The first-order chi connectivity index (χ1) is 11.4. The molecule has 1 N–H and O–H groups in total. The highest BCUT2D eigenvalue weighted by Gasteiger charge is 2.33. The van der Waals surface area contributed by atoms with Crippen molar-refractivity contribution >= 4 is 96.1 Å². The van der Waals surface area contributed by atoms with E-state index in [1.54, 1.807) is 42.5 Å². The molecule has 24 heavy (non-hydrogen) atoms. The van der Waals surface area contributed by atoms with E-state index in [2.05, 4.69) is 15.9 Å². The number of halogens is 3. The molecule has 0 aromatic heterocycles. The van der Waals surface area contributed by atoms with Crippen LogP contribution in [0, 0.1) is 3.57 Å². The minimum atomic E-state index is -0.188. The van der Waals surface area contributed by atoms with Gasteiger partial charge in [0.25, 0.3) is 5.91 Å². The fraction of sp³-hybridized carbons (Fsp3) is 0. The molecule has 1 saturated heterocycles. The molecule has 0 aliphatic carbocycles. The molecule has 0 spiro atoms. The van der Waals surface area contributed by atoms with Crippen LogP contribution in [0.15, 0.2) is 45.8 Å². The highest BCUT2D eigenvalue weighted by atomic mass is 127. The Balaban J connectivity index is 1.94. The number of carbonyl (C=O) groups is 1. The zero-order valence-corrected chi connectivity index (χ0v) is 17.9. The molecule has 2 aromatic carbocycles. The second kappa shape index (κ2) is 7.33. The summed E-state index contributed by atoms with van der Waals surface area (Å²) in [5.74, 6) is 0.0243. The number of phenolic OH excluding ortho intramolecular Hbond substituents is 1. The molecule has 1 aliphatic rings. The molecule has 1 heterocycles. The van der Waals surface area contributed by atoms with Crippen LogP contribution in [0.2, 0.25) is 5.02 Å². The van der Waals surface area contributed by atoms with Crippen molar-refractivity contribution in [2.45, 2.75) is 0 Å². The van der Waals surface area contributed by atoms with Crippen molar-refractivity contribution in [2.75, 3.05) is 4.90 Å². The Morgan fingerprint density at radius 3 is 2.71 bits per heavy atom. The molecule has 1 amide bonds. The Kier molecular flexibility index (Phi) is 5.55. The summed E-state index contributed by atoms with van der Waals surface area (Å²) in [6.45, 7) is 0. The lowest BCUT2D eigenvalue weighted by Crippen LogP contribution is -2.27. The predicted octanol–water partition coefficient (Wildman–Crippen LogP) is 5.82. The summed E-state index contributed by atoms with van der Waals surface area (Å²) < 4.78 is 1.93. The van der Waals surface area contributed by atoms with E-state index in [4.69, 9.17) is 23.8 Å². The molecule has 0 saturated carbocycles. The van der Waals surface area contributed by atoms with E-state index in [1.165, 1.54) is 16.7 Å². The van der Waals surface area contributed by atoms with Gasteiger partial charge in [-0.1, -0.05) is 41.6 Å². The molecule has 0 radical (unpaired) electrons. The average molecular weight is 553 g/mol. The zero-order chi connectivity index (χ0) is 17.4. The predicted molar refractivity (Wildman–Crippen MR) is 116 cm³/mol. The molecule has 0 unspecified atom stereocenters. The molecule has 3 rings (SSSR count). The Bertz CT molecular complexity index is 904. The standard InChI is InChI=1S/C16H8BrClINO2S2/c17-10-3-2-9(7-11(10)18)20-15(22)14(24-16(20)23)6-8-1-4-13(21)12(19)5-8/h1-7,21H/b14-6-. The number of thioether (sulfide) groups is 1. The molecule has 122 valence electrons. The number of nitrogens with zero attached hydrogens (tertiary/aromatic N) is 1. The normalized spacial score (nSPS) is 16.3. The van der Waals surface area contributed by atoms with Gasteiger partial charge in [-0.2, -0.15) is 0 Å². The smallest absolute Gasteiger partial charge is 0.270 e. The number of benzene rings is 2. The first kappa shape index (κ1) is 18.2. The highest BCUT2D eigenvalue weighted by Crippen LogP contribution is 2.38. The molecule has 0 atom stereocenters. The number of hydrogen-bond donors (Lipinski definition) is 1. The van der Waals surface area contributed by atoms with E-state index in [1.807, 2.05) is 22.6 Å². The van der Waals surface area contributed by atoms with Crippen molar-refractivity contribution in [3.05, 3.63) is 59.9 Å². The van der Waals surface area contributed by atoms with Crippen molar-refractivity contribution in [1.29, 1.82) is 0 Å². The molecule has 8 heteroatoms. The maximum Gasteiger partial charge on any atom is 0.270 e. The fourth-order valence-corrected chi connectivity index (χ4v) is 4.34. The number of amides is 1. The number of phenols is 1. The maximum absolute atomic E-state index is 12.7. The van der Waals surface area contributed by atoms with E-state index in [9.17, 15) is 9.90 Å². The Morgan fingerprint density at radius 2 is 2.04 bits per heavy atom. The van der Waals surface area contributed by atoms with Crippen LogP contribution in [0.25, 0.3) is 6.08 Å². The first-order valence-electron chi connectivity index (χ1n) is 6.58. The minimum absolute atomic E-state index is 0.188. The molecule has 0 bridgehead atoms. The van der Waals surface area contributed by atoms with Gasteiger partial charge < -0.3 is 5.11 Å². The number of thiocarbonyl (C=S) groups is 1. The van der Waals surface area contributed by atoms with Crippen molar-refractivity contribution in [3.8, 4) is 5.75 Å². The number of aromatic hydroxyl groups is 1. The van der Waals surface area contributed by atoms with E-state index >= 15 is 0 Å². The minimum Gasteiger partial charge on any atom is -0.507 e. The number of rotatable bonds is 2. The van der Waals surface area contributed by atoms with Crippen molar-refractivity contribution < 1.29 is 9.90 Å². The Hall–Kier alpha value is -0.610. The monoisotopic (exact) mass is 551 g/mol. The lowest BCUT2D eigenvalue weighted by atomic mass is 10.2. The van der Waals surface area contributed by atoms with E-state index in [-0.39, 0.29) is 11.7 Å². The summed E-state index contributed by atoms with van der Waals surface area (Å²) in [7, 11) is 0. The topological polar surface area (TPSA) is 40.5 Å². The van der Waals surface area contributed by atoms with E-state index < -0.39 is 0 Å². The van der Waals surface area contributed by atoms with Crippen molar-refractivity contribution in [1.82, 2.24) is 0 Å². The van der Waals surface area contributed by atoms with Gasteiger partial charge in [-0.15, -0.1) is 0 Å². The van der Waals surface area contributed by atoms with Crippen LogP contribution in [-0.4, -0.2) is 15.3 Å². The van der Waals surface area contributed by atoms with Crippen LogP contribution in [0.5, 0.6) is 5.75 Å². The lowest BCUT2D eigenvalue weighted by Gasteiger charge is -2.15. The second-order valence-corrected chi connectivity index (χ2v) is 8.93. The van der Waals surface area contributed by atoms with Gasteiger partial charge in [0.1, 0.15) is 5.75 Å². The first-order valence-corrected chi connectivity index (χ1v) is 10.1. The summed E-state index contributed by atoms with van der Waals surface area (Å²) in [6, 6.07) is 10.4. The van der Waals surface area contributed by atoms with Gasteiger partial charge in [0.05, 0.1) is 19.2 Å². The van der Waals surface area contributed by atoms with Crippen LogP contribution in [0.3, 0.4) is 0 Å². The number of anilines is 1. The van der Waals surface area contributed by atoms with Crippen LogP contribution in [0.1, 0.15) is 5.56 Å². The van der Waals surface area contributed by atoms with E-state index in [0.29, 0.717) is 19.9 Å². The molecular formula is C16H8BrClINO2S2. The van der Waals surface area contributed by atoms with Crippen LogP contribution < -0.4 is 4.90 Å². The van der Waals surface area contributed by atoms with Crippen LogP contribution in [-0.2, 0) is 4.79 Å². The second-order valence-electron chi connectivity index (χ2n) is 4.83. The number of carbonyl (C=O) groups excluding carboxylic acids is 1. The number of hydrogen-bond acceptors (Lipinski definition) is 4. The zero-order valence-electron chi connectivity index (χ0n) is 11.8. The highest BCUT2D eigenvalue weighted by molar-refractivity contribution is 14.1. The largest absolute Gasteiger partial charge is 0.507 e. The summed E-state index contributed by atoms with van der Waals surface area (Å²) in [6.07, 6.45) is 1.77. The Morgan fingerprint density at radius 1 is 1.29 bits per heavy atom. The maximum atomic E-state index is 12.7. The molecule has 3 nitrogen and oxygen atoms in total. The summed E-state index contributed by atoms with van der Waals surface area (Å²) in [5, 5.41) is 10.1. The fourth-order valence-electron chi connectivity index (χ4n) is 2.08. The quantitative estimate of drug-likeness (QED) is 0.290. The third kappa shape index (κ3) is 3.65. The Labute approximate surface area is 175 Å². The van der Waals surface area contributed by atoms with Crippen molar-refractivity contribution in [2.24, 2.45) is 0 Å². The average Bonchev–Trinajstić information content (AvgIpc) is 2.80. The van der Waals surface area contributed by atoms with Gasteiger partial charge >= 0.3 is 0 Å². The summed E-state index contributed by atoms with van der Waals surface area (Å²) in [4.78, 5) is 14.7.